The smallest absolute Gasteiger partial charge is 0.115 e. The van der Waals surface area contributed by atoms with Crippen LogP contribution in [-0.2, 0) is 10.3 Å². The largest absolute Gasteiger partial charge is 0.633 e. The highest BCUT2D eigenvalue weighted by molar-refractivity contribution is 6.30. The van der Waals surface area contributed by atoms with Crippen LogP contribution in [0, 0.1) is 5.21 Å². The number of likely N-dealkylation sites (tertiary alicyclic amines) is 1. The van der Waals surface area contributed by atoms with Gasteiger partial charge in [0.1, 0.15) is 5.60 Å². The van der Waals surface area contributed by atoms with Crippen molar-refractivity contribution in [2.24, 2.45) is 0 Å². The van der Waals surface area contributed by atoms with Crippen LogP contribution in [0.5, 0.6) is 0 Å². The summed E-state index contributed by atoms with van der Waals surface area (Å²) < 4.78 is 6.27. The lowest BCUT2D eigenvalue weighted by atomic mass is 9.88. The van der Waals surface area contributed by atoms with E-state index in [1.165, 1.54) is 0 Å². The third-order valence-corrected chi connectivity index (χ3v) is 5.73. The molecule has 0 spiro atoms. The maximum absolute atomic E-state index is 12.4. The summed E-state index contributed by atoms with van der Waals surface area (Å²) in [5.74, 6) is 0. The quantitative estimate of drug-likeness (QED) is 0.529. The Balaban J connectivity index is 1.79. The number of ether oxygens (including phenoxy) is 1. The molecule has 134 valence electrons. The van der Waals surface area contributed by atoms with Gasteiger partial charge >= 0.3 is 0 Å². The molecule has 1 aliphatic rings. The molecule has 1 fully saturated rings. The highest BCUT2D eigenvalue weighted by Gasteiger charge is 2.33. The zero-order valence-corrected chi connectivity index (χ0v) is 15.7. The van der Waals surface area contributed by atoms with Gasteiger partial charge in [0.25, 0.3) is 0 Å². The van der Waals surface area contributed by atoms with Crippen molar-refractivity contribution in [2.75, 3.05) is 20.2 Å². The molecular weight excluding hydrogens is 334 g/mol. The van der Waals surface area contributed by atoms with E-state index in [4.69, 9.17) is 16.3 Å². The lowest BCUT2D eigenvalue weighted by molar-refractivity contribution is -0.873. The molecular formula is C21H26ClNO2. The maximum Gasteiger partial charge on any atom is 0.115 e. The number of quaternary nitrogens is 1. The number of hydroxylamine groups is 3. The zero-order chi connectivity index (χ0) is 17.9. The van der Waals surface area contributed by atoms with E-state index in [9.17, 15) is 5.21 Å². The minimum atomic E-state index is -0.559. The topological polar surface area (TPSA) is 32.3 Å². The van der Waals surface area contributed by atoms with Crippen molar-refractivity contribution in [2.45, 2.75) is 37.8 Å². The van der Waals surface area contributed by atoms with E-state index >= 15 is 0 Å². The van der Waals surface area contributed by atoms with Gasteiger partial charge in [0.05, 0.1) is 26.2 Å². The summed E-state index contributed by atoms with van der Waals surface area (Å²) in [4.78, 5) is 0. The van der Waals surface area contributed by atoms with Gasteiger partial charge in [0.15, 0.2) is 0 Å². The summed E-state index contributed by atoms with van der Waals surface area (Å²) in [6, 6.07) is 18.2. The van der Waals surface area contributed by atoms with Crippen LogP contribution in [0.4, 0.5) is 0 Å². The van der Waals surface area contributed by atoms with Crippen molar-refractivity contribution in [1.82, 2.24) is 0 Å². The average Bonchev–Trinajstić information content (AvgIpc) is 2.94. The molecule has 3 atom stereocenters. The molecule has 25 heavy (non-hydrogen) atoms. The van der Waals surface area contributed by atoms with Gasteiger partial charge < -0.3 is 14.6 Å². The highest BCUT2D eigenvalue weighted by Crippen LogP contribution is 2.35. The van der Waals surface area contributed by atoms with Gasteiger partial charge in [-0.2, -0.15) is 0 Å². The molecule has 3 nitrogen and oxygen atoms in total. The van der Waals surface area contributed by atoms with Crippen LogP contribution in [-0.4, -0.2) is 30.9 Å². The monoisotopic (exact) mass is 359 g/mol. The minimum Gasteiger partial charge on any atom is -0.633 e. The predicted molar refractivity (Wildman–Crippen MR) is 102 cm³/mol. The number of halogens is 1. The van der Waals surface area contributed by atoms with Crippen molar-refractivity contribution in [3.8, 4) is 0 Å². The maximum atomic E-state index is 12.4. The molecule has 1 saturated heterocycles. The highest BCUT2D eigenvalue weighted by atomic mass is 35.5. The number of hydrogen-bond acceptors (Lipinski definition) is 2. The van der Waals surface area contributed by atoms with Crippen molar-refractivity contribution < 1.29 is 9.38 Å². The van der Waals surface area contributed by atoms with Gasteiger partial charge in [-0.1, -0.05) is 54.1 Å². The number of rotatable bonds is 6. The lowest BCUT2D eigenvalue weighted by Gasteiger charge is -2.41. The Morgan fingerprint density at radius 3 is 2.36 bits per heavy atom. The Morgan fingerprint density at radius 2 is 1.76 bits per heavy atom. The molecule has 1 heterocycles. The molecule has 0 amide bonds. The molecule has 1 unspecified atom stereocenters. The lowest BCUT2D eigenvalue weighted by Crippen LogP contribution is -2.43. The molecule has 2 aromatic carbocycles. The van der Waals surface area contributed by atoms with E-state index in [2.05, 4.69) is 19.1 Å². The zero-order valence-electron chi connectivity index (χ0n) is 15.0. The van der Waals surface area contributed by atoms with Crippen LogP contribution in [0.1, 0.15) is 37.3 Å². The molecule has 0 bridgehead atoms. The van der Waals surface area contributed by atoms with E-state index in [1.54, 1.807) is 7.05 Å². The standard InChI is InChI=1S/C21H26ClNO2/c1-21(17-7-4-3-5-8-17,18-10-12-19(22)13-11-18)25-16-14-20-9-6-15-23(20,2)24/h3-5,7-8,10-13,20H,6,9,14-16H2,1-2H3/t20-,21-,23?/m1/s1. The Hall–Kier alpha value is -1.39. The molecule has 3 rings (SSSR count). The Morgan fingerprint density at radius 1 is 1.12 bits per heavy atom. The van der Waals surface area contributed by atoms with Gasteiger partial charge in [-0.15, -0.1) is 0 Å². The second kappa shape index (κ2) is 7.46. The van der Waals surface area contributed by atoms with Crippen molar-refractivity contribution in [3.63, 3.8) is 0 Å². The fourth-order valence-electron chi connectivity index (χ4n) is 3.77. The van der Waals surface area contributed by atoms with E-state index in [-0.39, 0.29) is 10.7 Å². The first-order chi connectivity index (χ1) is 11.9. The van der Waals surface area contributed by atoms with Crippen LogP contribution in [0.2, 0.25) is 5.02 Å². The third kappa shape index (κ3) is 4.06. The number of benzene rings is 2. The molecule has 4 heteroatoms. The fourth-order valence-corrected chi connectivity index (χ4v) is 3.90. The average molecular weight is 360 g/mol. The van der Waals surface area contributed by atoms with E-state index in [0.717, 1.165) is 36.9 Å². The van der Waals surface area contributed by atoms with Gasteiger partial charge in [0.2, 0.25) is 0 Å². The first-order valence-electron chi connectivity index (χ1n) is 8.93. The minimum absolute atomic E-state index is 0.133. The predicted octanol–water partition coefficient (Wildman–Crippen LogP) is 5.12. The molecule has 0 aliphatic carbocycles. The van der Waals surface area contributed by atoms with E-state index in [0.29, 0.717) is 11.6 Å². The third-order valence-electron chi connectivity index (χ3n) is 5.47. The summed E-state index contributed by atoms with van der Waals surface area (Å²) in [6.07, 6.45) is 2.79. The fraction of sp³-hybridized carbons (Fsp3) is 0.429. The van der Waals surface area contributed by atoms with Crippen LogP contribution < -0.4 is 0 Å². The van der Waals surface area contributed by atoms with Crippen LogP contribution >= 0.6 is 11.6 Å². The van der Waals surface area contributed by atoms with Crippen LogP contribution in [0.25, 0.3) is 0 Å². The van der Waals surface area contributed by atoms with Crippen molar-refractivity contribution in [1.29, 1.82) is 0 Å². The van der Waals surface area contributed by atoms with Crippen molar-refractivity contribution in [3.05, 3.63) is 76.0 Å². The normalized spacial score (nSPS) is 25.7. The van der Waals surface area contributed by atoms with Gasteiger partial charge in [0, 0.05) is 24.3 Å². The summed E-state index contributed by atoms with van der Waals surface area (Å²) in [7, 11) is 1.78. The van der Waals surface area contributed by atoms with Crippen LogP contribution in [0.15, 0.2) is 54.6 Å². The molecule has 0 saturated carbocycles. The van der Waals surface area contributed by atoms with Gasteiger partial charge in [-0.25, -0.2) is 0 Å². The SMILES string of the molecule is C[C@@](OCC[C@H]1CCC[N+]1(C)[O-])(c1ccccc1)c1ccc(Cl)cc1. The summed E-state index contributed by atoms with van der Waals surface area (Å²) >= 11 is 6.05. The molecule has 0 N–H and O–H groups in total. The summed E-state index contributed by atoms with van der Waals surface area (Å²) in [5.41, 5.74) is 1.61. The first kappa shape index (κ1) is 18.4. The summed E-state index contributed by atoms with van der Waals surface area (Å²) in [5, 5.41) is 13.1. The molecule has 1 aliphatic heterocycles. The van der Waals surface area contributed by atoms with Crippen molar-refractivity contribution >= 4 is 11.6 Å². The van der Waals surface area contributed by atoms with Gasteiger partial charge in [-0.3, -0.25) is 0 Å². The number of hydrogen-bond donors (Lipinski definition) is 0. The number of nitrogens with zero attached hydrogens (tertiary/aromatic N) is 1. The Bertz CT molecular complexity index is 687. The summed E-state index contributed by atoms with van der Waals surface area (Å²) in [6.45, 7) is 3.37. The second-order valence-electron chi connectivity index (χ2n) is 7.24. The Labute approximate surface area is 155 Å². The first-order valence-corrected chi connectivity index (χ1v) is 9.31. The molecule has 0 aromatic heterocycles. The molecule has 0 radical (unpaired) electrons. The second-order valence-corrected chi connectivity index (χ2v) is 7.67. The van der Waals surface area contributed by atoms with E-state index in [1.807, 2.05) is 42.5 Å². The van der Waals surface area contributed by atoms with Crippen LogP contribution in [0.3, 0.4) is 0 Å². The Kier molecular flexibility index (Phi) is 5.49. The van der Waals surface area contributed by atoms with Gasteiger partial charge in [-0.05, 0) is 30.2 Å². The van der Waals surface area contributed by atoms with E-state index < -0.39 is 5.60 Å². The molecule has 2 aromatic rings.